The van der Waals surface area contributed by atoms with Crippen LogP contribution in [0.4, 0.5) is 0 Å². The Labute approximate surface area is 131 Å². The molecule has 0 aliphatic carbocycles. The van der Waals surface area contributed by atoms with Crippen LogP contribution in [0, 0.1) is 13.0 Å². The van der Waals surface area contributed by atoms with E-state index in [1.807, 2.05) is 79.7 Å². The molecule has 2 heteroatoms. The number of benzene rings is 3. The highest BCUT2D eigenvalue weighted by Gasteiger charge is 2.01. The van der Waals surface area contributed by atoms with Crippen molar-refractivity contribution in [2.24, 2.45) is 0 Å². The highest BCUT2D eigenvalue weighted by atomic mass is 16.5. The van der Waals surface area contributed by atoms with Gasteiger partial charge in [-0.2, -0.15) is 0 Å². The van der Waals surface area contributed by atoms with Crippen LogP contribution in [0.25, 0.3) is 0 Å². The molecule has 109 valence electrons. The zero-order chi connectivity index (χ0) is 15.2. The quantitative estimate of drug-likeness (QED) is 0.645. The molecule has 3 aromatic carbocycles. The van der Waals surface area contributed by atoms with Crippen LogP contribution in [-0.4, -0.2) is 0 Å². The van der Waals surface area contributed by atoms with Crippen molar-refractivity contribution in [3.05, 3.63) is 90.0 Å². The average Bonchev–Trinajstić information content (AvgIpc) is 2.57. The van der Waals surface area contributed by atoms with Gasteiger partial charge in [-0.3, -0.25) is 0 Å². The van der Waals surface area contributed by atoms with Crippen molar-refractivity contribution in [1.29, 1.82) is 0 Å². The van der Waals surface area contributed by atoms with E-state index in [0.29, 0.717) is 6.61 Å². The largest absolute Gasteiger partial charge is 0.489 e. The molecule has 0 aliphatic heterocycles. The van der Waals surface area contributed by atoms with Crippen LogP contribution < -0.4 is 9.47 Å². The predicted molar refractivity (Wildman–Crippen MR) is 87.3 cm³/mol. The van der Waals surface area contributed by atoms with E-state index in [4.69, 9.17) is 9.47 Å². The maximum absolute atomic E-state index is 5.85. The lowest BCUT2D eigenvalue weighted by atomic mass is 10.2. The van der Waals surface area contributed by atoms with Gasteiger partial charge in [-0.1, -0.05) is 36.4 Å². The summed E-state index contributed by atoms with van der Waals surface area (Å²) in [7, 11) is 0. The lowest BCUT2D eigenvalue weighted by molar-refractivity contribution is 0.306. The molecule has 0 saturated carbocycles. The summed E-state index contributed by atoms with van der Waals surface area (Å²) in [5.41, 5.74) is 2.21. The first-order valence-electron chi connectivity index (χ1n) is 7.22. The van der Waals surface area contributed by atoms with Crippen molar-refractivity contribution in [1.82, 2.24) is 0 Å². The SMILES string of the molecule is Cc1c[c]ccc1Oc1ccc(OCc2ccccc2)cc1. The summed E-state index contributed by atoms with van der Waals surface area (Å²) in [6, 6.07) is 26.5. The first kappa shape index (κ1) is 14.2. The van der Waals surface area contributed by atoms with Gasteiger partial charge < -0.3 is 9.47 Å². The molecule has 3 aromatic rings. The first-order valence-corrected chi connectivity index (χ1v) is 7.22. The Morgan fingerprint density at radius 2 is 1.59 bits per heavy atom. The zero-order valence-electron chi connectivity index (χ0n) is 12.5. The van der Waals surface area contributed by atoms with Crippen molar-refractivity contribution in [3.63, 3.8) is 0 Å². The number of hydrogen-bond donors (Lipinski definition) is 0. The van der Waals surface area contributed by atoms with Crippen LogP contribution in [0.1, 0.15) is 11.1 Å². The average molecular weight is 289 g/mol. The Kier molecular flexibility index (Phi) is 4.40. The monoisotopic (exact) mass is 289 g/mol. The zero-order valence-corrected chi connectivity index (χ0v) is 12.5. The third-order valence-electron chi connectivity index (χ3n) is 3.32. The van der Waals surface area contributed by atoms with Gasteiger partial charge in [0.25, 0.3) is 0 Å². The second-order valence-corrected chi connectivity index (χ2v) is 5.04. The first-order chi connectivity index (χ1) is 10.8. The third kappa shape index (κ3) is 3.67. The van der Waals surface area contributed by atoms with Gasteiger partial charge in [-0.05, 0) is 60.5 Å². The van der Waals surface area contributed by atoms with Gasteiger partial charge in [0, 0.05) is 0 Å². The second kappa shape index (κ2) is 6.81. The molecule has 0 fully saturated rings. The minimum atomic E-state index is 0.564. The Balaban J connectivity index is 1.62. The molecular weight excluding hydrogens is 272 g/mol. The van der Waals surface area contributed by atoms with Gasteiger partial charge >= 0.3 is 0 Å². The summed E-state index contributed by atoms with van der Waals surface area (Å²) < 4.78 is 11.6. The van der Waals surface area contributed by atoms with Gasteiger partial charge in [-0.15, -0.1) is 0 Å². The smallest absolute Gasteiger partial charge is 0.130 e. The second-order valence-electron chi connectivity index (χ2n) is 5.04. The maximum atomic E-state index is 5.85. The fraction of sp³-hybridized carbons (Fsp3) is 0.100. The molecule has 1 radical (unpaired) electrons. The van der Waals surface area contributed by atoms with E-state index in [1.54, 1.807) is 0 Å². The molecule has 0 N–H and O–H groups in total. The topological polar surface area (TPSA) is 18.5 Å². The molecular formula is C20H17O2. The molecule has 2 nitrogen and oxygen atoms in total. The van der Waals surface area contributed by atoms with Crippen molar-refractivity contribution in [3.8, 4) is 17.2 Å². The van der Waals surface area contributed by atoms with Gasteiger partial charge in [0.15, 0.2) is 0 Å². The van der Waals surface area contributed by atoms with E-state index in [9.17, 15) is 0 Å². The van der Waals surface area contributed by atoms with Gasteiger partial charge in [-0.25, -0.2) is 0 Å². The highest BCUT2D eigenvalue weighted by Crippen LogP contribution is 2.26. The van der Waals surface area contributed by atoms with Gasteiger partial charge in [0.1, 0.15) is 23.9 Å². The Morgan fingerprint density at radius 3 is 2.32 bits per heavy atom. The number of hydrogen-bond acceptors (Lipinski definition) is 2. The fourth-order valence-corrected chi connectivity index (χ4v) is 2.09. The van der Waals surface area contributed by atoms with Gasteiger partial charge in [0.05, 0.1) is 0 Å². The summed E-state index contributed by atoms with van der Waals surface area (Å²) in [6.45, 7) is 2.57. The molecule has 0 atom stereocenters. The molecule has 0 unspecified atom stereocenters. The van der Waals surface area contributed by atoms with Crippen molar-refractivity contribution in [2.75, 3.05) is 0 Å². The molecule has 0 saturated heterocycles. The van der Waals surface area contributed by atoms with E-state index in [1.165, 1.54) is 0 Å². The van der Waals surface area contributed by atoms with Crippen LogP contribution >= 0.6 is 0 Å². The Morgan fingerprint density at radius 1 is 0.864 bits per heavy atom. The lowest BCUT2D eigenvalue weighted by Gasteiger charge is -2.10. The fourth-order valence-electron chi connectivity index (χ4n) is 2.09. The van der Waals surface area contributed by atoms with E-state index >= 15 is 0 Å². The molecule has 0 aromatic heterocycles. The van der Waals surface area contributed by atoms with Gasteiger partial charge in [0.2, 0.25) is 0 Å². The third-order valence-corrected chi connectivity index (χ3v) is 3.32. The van der Waals surface area contributed by atoms with Crippen LogP contribution in [0.3, 0.4) is 0 Å². The van der Waals surface area contributed by atoms with E-state index in [0.717, 1.165) is 28.4 Å². The van der Waals surface area contributed by atoms with E-state index in [-0.39, 0.29) is 0 Å². The van der Waals surface area contributed by atoms with Crippen LogP contribution in [-0.2, 0) is 6.61 Å². The molecule has 0 heterocycles. The number of aryl methyl sites for hydroxylation is 1. The lowest BCUT2D eigenvalue weighted by Crippen LogP contribution is -1.94. The van der Waals surface area contributed by atoms with E-state index in [2.05, 4.69) is 6.07 Å². The Bertz CT molecular complexity index is 718. The minimum absolute atomic E-state index is 0.564. The normalized spacial score (nSPS) is 10.2. The van der Waals surface area contributed by atoms with Crippen LogP contribution in [0.5, 0.6) is 17.2 Å². The Hall–Kier alpha value is -2.74. The summed E-state index contributed by atoms with van der Waals surface area (Å²) in [4.78, 5) is 0. The molecule has 0 aliphatic rings. The minimum Gasteiger partial charge on any atom is -0.489 e. The molecule has 3 rings (SSSR count). The number of ether oxygens (including phenoxy) is 2. The van der Waals surface area contributed by atoms with Crippen LogP contribution in [0.15, 0.2) is 72.8 Å². The summed E-state index contributed by atoms with van der Waals surface area (Å²) in [5.74, 6) is 2.47. The predicted octanol–water partition coefficient (Wildman–Crippen LogP) is 5.17. The molecule has 0 bridgehead atoms. The van der Waals surface area contributed by atoms with Crippen LogP contribution in [0.2, 0.25) is 0 Å². The van der Waals surface area contributed by atoms with Crippen molar-refractivity contribution >= 4 is 0 Å². The van der Waals surface area contributed by atoms with Crippen molar-refractivity contribution < 1.29 is 9.47 Å². The standard InChI is InChI=1S/C20H17O2/c1-16-7-5-6-10-20(16)22-19-13-11-18(12-14-19)21-15-17-8-3-2-4-9-17/h2-4,6-14H,15H2,1H3. The molecule has 0 spiro atoms. The summed E-state index contributed by atoms with van der Waals surface area (Å²) in [6.07, 6.45) is 0. The molecule has 22 heavy (non-hydrogen) atoms. The maximum Gasteiger partial charge on any atom is 0.130 e. The number of rotatable bonds is 5. The highest BCUT2D eigenvalue weighted by molar-refractivity contribution is 5.38. The molecule has 0 amide bonds. The van der Waals surface area contributed by atoms with Crippen molar-refractivity contribution in [2.45, 2.75) is 13.5 Å². The summed E-state index contributed by atoms with van der Waals surface area (Å²) >= 11 is 0. The summed E-state index contributed by atoms with van der Waals surface area (Å²) in [5, 5.41) is 0. The van der Waals surface area contributed by atoms with E-state index < -0.39 is 0 Å².